The van der Waals surface area contributed by atoms with Gasteiger partial charge in [-0.1, -0.05) is 30.3 Å². The average molecular weight is 310 g/mol. The molecule has 0 saturated heterocycles. The van der Waals surface area contributed by atoms with E-state index >= 15 is 0 Å². The molecule has 3 aromatic rings. The van der Waals surface area contributed by atoms with Gasteiger partial charge in [0.05, 0.1) is 0 Å². The van der Waals surface area contributed by atoms with Crippen LogP contribution in [0.1, 0.15) is 17.0 Å². The van der Waals surface area contributed by atoms with Crippen molar-refractivity contribution in [3.63, 3.8) is 0 Å². The quantitative estimate of drug-likeness (QED) is 0.628. The van der Waals surface area contributed by atoms with E-state index < -0.39 is 23.8 Å². The molecule has 2 heterocycles. The van der Waals surface area contributed by atoms with Crippen molar-refractivity contribution in [2.75, 3.05) is 0 Å². The van der Waals surface area contributed by atoms with E-state index in [0.29, 0.717) is 16.5 Å². The van der Waals surface area contributed by atoms with Crippen LogP contribution in [0.3, 0.4) is 0 Å². The molecule has 3 N–H and O–H groups in total. The number of aromatic nitrogens is 2. The van der Waals surface area contributed by atoms with Crippen molar-refractivity contribution >= 4 is 22.8 Å². The lowest BCUT2D eigenvalue weighted by Gasteiger charge is -2.21. The third-order valence-corrected chi connectivity index (χ3v) is 3.87. The van der Waals surface area contributed by atoms with Crippen LogP contribution in [0.2, 0.25) is 0 Å². The number of pyridine rings is 1. The lowest BCUT2D eigenvalue weighted by molar-refractivity contribution is -0.155. The summed E-state index contributed by atoms with van der Waals surface area (Å²) >= 11 is 0. The number of H-pyrrole nitrogens is 1. The van der Waals surface area contributed by atoms with Crippen LogP contribution in [0.5, 0.6) is 0 Å². The Morgan fingerprint density at radius 2 is 1.74 bits per heavy atom. The van der Waals surface area contributed by atoms with E-state index in [-0.39, 0.29) is 0 Å². The molecule has 2 aromatic heterocycles. The lowest BCUT2D eigenvalue weighted by atomic mass is 9.80. The minimum absolute atomic E-state index is 0.606. The number of hydrogen-bond acceptors (Lipinski definition) is 3. The van der Waals surface area contributed by atoms with Crippen LogP contribution in [0, 0.1) is 5.92 Å². The van der Waals surface area contributed by atoms with Gasteiger partial charge in [-0.05, 0) is 17.2 Å². The zero-order valence-electron chi connectivity index (χ0n) is 12.0. The molecular formula is C17H14N2O4. The molecule has 6 nitrogen and oxygen atoms in total. The summed E-state index contributed by atoms with van der Waals surface area (Å²) in [5, 5.41) is 19.6. The molecule has 1 aromatic carbocycles. The summed E-state index contributed by atoms with van der Waals surface area (Å²) < 4.78 is 0. The normalized spacial score (nSPS) is 12.4. The molecule has 3 rings (SSSR count). The van der Waals surface area contributed by atoms with E-state index in [2.05, 4.69) is 9.97 Å². The van der Waals surface area contributed by atoms with Crippen LogP contribution in [-0.2, 0) is 9.59 Å². The van der Waals surface area contributed by atoms with E-state index in [1.54, 1.807) is 55.0 Å². The summed E-state index contributed by atoms with van der Waals surface area (Å²) in [7, 11) is 0. The van der Waals surface area contributed by atoms with Crippen molar-refractivity contribution in [3.05, 3.63) is 66.1 Å². The lowest BCUT2D eigenvalue weighted by Crippen LogP contribution is -2.30. The number of aliphatic carboxylic acids is 2. The molecule has 116 valence electrons. The molecule has 23 heavy (non-hydrogen) atoms. The SMILES string of the molecule is O=C(O)C(C(=O)O)C(c1ccccc1)c1c[nH]c2ccncc12. The highest BCUT2D eigenvalue weighted by Gasteiger charge is 2.38. The third kappa shape index (κ3) is 2.66. The van der Waals surface area contributed by atoms with Gasteiger partial charge in [0.25, 0.3) is 0 Å². The van der Waals surface area contributed by atoms with Gasteiger partial charge in [0.15, 0.2) is 5.92 Å². The number of nitrogens with zero attached hydrogens (tertiary/aromatic N) is 1. The van der Waals surface area contributed by atoms with Gasteiger partial charge in [-0.3, -0.25) is 14.6 Å². The largest absolute Gasteiger partial charge is 0.481 e. The van der Waals surface area contributed by atoms with Crippen molar-refractivity contribution in [1.29, 1.82) is 0 Å². The Bertz CT molecular complexity index is 843. The highest BCUT2D eigenvalue weighted by Crippen LogP contribution is 2.36. The first-order valence-corrected chi connectivity index (χ1v) is 7.01. The first-order chi connectivity index (χ1) is 11.1. The van der Waals surface area contributed by atoms with Gasteiger partial charge in [-0.2, -0.15) is 0 Å². The molecule has 0 spiro atoms. The molecule has 6 heteroatoms. The van der Waals surface area contributed by atoms with E-state index in [1.807, 2.05) is 0 Å². The van der Waals surface area contributed by atoms with Gasteiger partial charge in [-0.15, -0.1) is 0 Å². The van der Waals surface area contributed by atoms with E-state index in [9.17, 15) is 19.8 Å². The second-order valence-electron chi connectivity index (χ2n) is 5.21. The smallest absolute Gasteiger partial charge is 0.318 e. The Kier molecular flexibility index (Phi) is 3.80. The number of carboxylic acids is 2. The van der Waals surface area contributed by atoms with E-state index in [0.717, 1.165) is 5.52 Å². The van der Waals surface area contributed by atoms with Crippen LogP contribution in [-0.4, -0.2) is 32.1 Å². The first-order valence-electron chi connectivity index (χ1n) is 7.01. The maximum atomic E-state index is 11.6. The van der Waals surface area contributed by atoms with Gasteiger partial charge >= 0.3 is 11.9 Å². The van der Waals surface area contributed by atoms with Gasteiger partial charge < -0.3 is 15.2 Å². The van der Waals surface area contributed by atoms with Crippen LogP contribution in [0.25, 0.3) is 10.9 Å². The average Bonchev–Trinajstić information content (AvgIpc) is 2.96. The van der Waals surface area contributed by atoms with E-state index in [4.69, 9.17) is 0 Å². The summed E-state index contributed by atoms with van der Waals surface area (Å²) in [6, 6.07) is 10.6. The van der Waals surface area contributed by atoms with Crippen molar-refractivity contribution in [2.45, 2.75) is 5.92 Å². The van der Waals surface area contributed by atoms with Gasteiger partial charge in [0, 0.05) is 35.4 Å². The van der Waals surface area contributed by atoms with Gasteiger partial charge in [0.1, 0.15) is 0 Å². The summed E-state index contributed by atoms with van der Waals surface area (Å²) in [5.41, 5.74) is 2.02. The van der Waals surface area contributed by atoms with Crippen molar-refractivity contribution in [2.24, 2.45) is 5.92 Å². The number of carboxylic acid groups (broad SMARTS) is 2. The number of nitrogens with one attached hydrogen (secondary N) is 1. The monoisotopic (exact) mass is 310 g/mol. The summed E-state index contributed by atoms with van der Waals surface area (Å²) in [5.74, 6) is -5.14. The first kappa shape index (κ1) is 14.8. The molecule has 1 unspecified atom stereocenters. The number of rotatable bonds is 5. The molecule has 0 radical (unpaired) electrons. The highest BCUT2D eigenvalue weighted by molar-refractivity contribution is 5.96. The fraction of sp³-hybridized carbons (Fsp3) is 0.118. The predicted molar refractivity (Wildman–Crippen MR) is 83.1 cm³/mol. The summed E-state index contributed by atoms with van der Waals surface area (Å²) in [6.45, 7) is 0. The van der Waals surface area contributed by atoms with E-state index in [1.165, 1.54) is 0 Å². The van der Waals surface area contributed by atoms with Crippen molar-refractivity contribution < 1.29 is 19.8 Å². The van der Waals surface area contributed by atoms with Crippen molar-refractivity contribution in [1.82, 2.24) is 9.97 Å². The van der Waals surface area contributed by atoms with Crippen molar-refractivity contribution in [3.8, 4) is 0 Å². The zero-order valence-corrected chi connectivity index (χ0v) is 12.0. The molecule has 1 atom stereocenters. The molecule has 0 aliphatic rings. The standard InChI is InChI=1S/C17H14N2O4/c20-16(21)15(17(22)23)14(10-4-2-1-3-5-10)12-9-19-13-6-7-18-8-11(12)13/h1-9,14-15,19H,(H,20,21)(H,22,23). The third-order valence-electron chi connectivity index (χ3n) is 3.87. The Balaban J connectivity index is 2.23. The number of hydrogen-bond donors (Lipinski definition) is 3. The molecule has 0 aliphatic carbocycles. The summed E-state index contributed by atoms with van der Waals surface area (Å²) in [6.07, 6.45) is 4.88. The van der Waals surface area contributed by atoms with Crippen LogP contribution in [0.4, 0.5) is 0 Å². The molecule has 0 aliphatic heterocycles. The van der Waals surface area contributed by atoms with Crippen LogP contribution < -0.4 is 0 Å². The van der Waals surface area contributed by atoms with Crippen LogP contribution in [0.15, 0.2) is 55.0 Å². The topological polar surface area (TPSA) is 103 Å². The zero-order chi connectivity index (χ0) is 16.4. The number of fused-ring (bicyclic) bond motifs is 1. The maximum absolute atomic E-state index is 11.6. The second kappa shape index (κ2) is 5.92. The Morgan fingerprint density at radius 3 is 2.39 bits per heavy atom. The second-order valence-corrected chi connectivity index (χ2v) is 5.21. The maximum Gasteiger partial charge on any atom is 0.318 e. The predicted octanol–water partition coefficient (Wildman–Crippen LogP) is 2.48. The molecule has 0 amide bonds. The Labute approximate surface area is 131 Å². The number of aromatic amines is 1. The molecule has 0 fully saturated rings. The van der Waals surface area contributed by atoms with Crippen LogP contribution >= 0.6 is 0 Å². The fourth-order valence-corrected chi connectivity index (χ4v) is 2.84. The summed E-state index contributed by atoms with van der Waals surface area (Å²) in [4.78, 5) is 30.3. The minimum Gasteiger partial charge on any atom is -0.481 e. The minimum atomic E-state index is -1.59. The Morgan fingerprint density at radius 1 is 1.04 bits per heavy atom. The molecule has 0 bridgehead atoms. The number of carbonyl (C=O) groups is 2. The van der Waals surface area contributed by atoms with Gasteiger partial charge in [-0.25, -0.2) is 0 Å². The fourth-order valence-electron chi connectivity index (χ4n) is 2.84. The molecule has 0 saturated carbocycles. The Hall–Kier alpha value is -3.15. The van der Waals surface area contributed by atoms with Gasteiger partial charge in [0.2, 0.25) is 0 Å². The molecular weight excluding hydrogens is 296 g/mol. The highest BCUT2D eigenvalue weighted by atomic mass is 16.4. The number of benzene rings is 1.